The van der Waals surface area contributed by atoms with E-state index in [1.54, 1.807) is 12.3 Å². The van der Waals surface area contributed by atoms with E-state index < -0.39 is 0 Å². The van der Waals surface area contributed by atoms with Crippen LogP contribution in [0.25, 0.3) is 0 Å². The standard InChI is InChI=1S/C25H53P.C7H8.ClH.H3N/c1-5-8-11-14-17-20-23-26(24-21-18-15-12-9-6-2)25(4)22-19-16-13-10-7-3;1-7-5-3-2-4-6-7;;/h25H,5-24H2,1-4H3;2-6H,1H3;1H;1H3. The lowest BCUT2D eigenvalue weighted by Gasteiger charge is -2.25. The second kappa shape index (κ2) is 31.9. The number of rotatable bonds is 21. The Morgan fingerprint density at radius 3 is 1.31 bits per heavy atom. The van der Waals surface area contributed by atoms with Gasteiger partial charge >= 0.3 is 0 Å². The minimum absolute atomic E-state index is 0. The average molecular weight is 530 g/mol. The molecule has 0 aliphatic heterocycles. The van der Waals surface area contributed by atoms with Crippen molar-refractivity contribution in [2.45, 2.75) is 156 Å². The SMILES string of the molecule is CCCCCCCCP(CCCCCCCC)C(C)CCCCCCC.Cc1ccccc1.[Cl-].[NH4+]. The van der Waals surface area contributed by atoms with Crippen LogP contribution in [0.1, 0.15) is 149 Å². The Balaban J connectivity index is -0.000000969. The van der Waals surface area contributed by atoms with Crippen molar-refractivity contribution in [2.75, 3.05) is 12.3 Å². The third-order valence-corrected chi connectivity index (χ3v) is 10.2. The molecule has 1 aromatic carbocycles. The van der Waals surface area contributed by atoms with Crippen molar-refractivity contribution >= 4 is 7.92 Å². The largest absolute Gasteiger partial charge is 1.00 e. The normalized spacial score (nSPS) is 11.3. The first-order valence-electron chi connectivity index (χ1n) is 14.9. The van der Waals surface area contributed by atoms with E-state index in [1.165, 1.54) is 121 Å². The number of unbranched alkanes of at least 4 members (excludes halogenated alkanes) is 14. The minimum Gasteiger partial charge on any atom is -1.00 e. The van der Waals surface area contributed by atoms with Crippen LogP contribution in [0, 0.1) is 6.92 Å². The van der Waals surface area contributed by atoms with Crippen molar-refractivity contribution in [3.63, 3.8) is 0 Å². The predicted octanol–water partition coefficient (Wildman–Crippen LogP) is 9.31. The predicted molar refractivity (Wildman–Crippen MR) is 163 cm³/mol. The Morgan fingerprint density at radius 1 is 0.571 bits per heavy atom. The van der Waals surface area contributed by atoms with Crippen molar-refractivity contribution in [1.29, 1.82) is 0 Å². The number of halogens is 1. The first kappa shape index (κ1) is 39.4. The summed E-state index contributed by atoms with van der Waals surface area (Å²) in [5.74, 6) is 0. The van der Waals surface area contributed by atoms with Crippen LogP contribution in [0.4, 0.5) is 0 Å². The lowest BCUT2D eigenvalue weighted by molar-refractivity contribution is -0.00000787. The van der Waals surface area contributed by atoms with Crippen molar-refractivity contribution < 1.29 is 12.4 Å². The molecule has 35 heavy (non-hydrogen) atoms. The second-order valence-corrected chi connectivity index (χ2v) is 13.2. The lowest BCUT2D eigenvalue weighted by atomic mass is 10.1. The maximum absolute atomic E-state index is 2.60. The van der Waals surface area contributed by atoms with Gasteiger partial charge in [0.2, 0.25) is 0 Å². The molecule has 210 valence electrons. The molecule has 1 aromatic rings. The highest BCUT2D eigenvalue weighted by Gasteiger charge is 2.15. The number of benzene rings is 1. The smallest absolute Gasteiger partial charge is 0.0238 e. The van der Waals surface area contributed by atoms with Crippen LogP contribution in [-0.4, -0.2) is 18.0 Å². The molecule has 1 rings (SSSR count). The summed E-state index contributed by atoms with van der Waals surface area (Å²) < 4.78 is 0. The van der Waals surface area contributed by atoms with Gasteiger partial charge in [-0.05, 0) is 44.2 Å². The fraction of sp³-hybridized carbons (Fsp3) is 0.812. The van der Waals surface area contributed by atoms with Crippen LogP contribution in [0.2, 0.25) is 0 Å². The van der Waals surface area contributed by atoms with Gasteiger partial charge in [0.1, 0.15) is 0 Å². The minimum atomic E-state index is 0. The van der Waals surface area contributed by atoms with Crippen LogP contribution in [-0.2, 0) is 0 Å². The molecule has 0 radical (unpaired) electrons. The summed E-state index contributed by atoms with van der Waals surface area (Å²) in [5, 5.41) is 0. The van der Waals surface area contributed by atoms with Crippen LogP contribution < -0.4 is 18.6 Å². The molecular weight excluding hydrogens is 465 g/mol. The molecule has 0 aliphatic carbocycles. The summed E-state index contributed by atoms with van der Waals surface area (Å²) in [4.78, 5) is 0. The number of hydrogen-bond acceptors (Lipinski definition) is 0. The van der Waals surface area contributed by atoms with Crippen molar-refractivity contribution in [2.24, 2.45) is 0 Å². The monoisotopic (exact) mass is 529 g/mol. The molecule has 0 saturated carbocycles. The van der Waals surface area contributed by atoms with Gasteiger partial charge in [0.15, 0.2) is 0 Å². The molecule has 0 aromatic heterocycles. The van der Waals surface area contributed by atoms with Gasteiger partial charge in [0.25, 0.3) is 0 Å². The lowest BCUT2D eigenvalue weighted by Crippen LogP contribution is -3.00. The van der Waals surface area contributed by atoms with Gasteiger partial charge in [-0.15, -0.1) is 7.92 Å². The highest BCUT2D eigenvalue weighted by atomic mass is 35.5. The molecule has 0 heterocycles. The fourth-order valence-corrected chi connectivity index (χ4v) is 7.42. The van der Waals surface area contributed by atoms with E-state index in [-0.39, 0.29) is 18.6 Å². The Bertz CT molecular complexity index is 466. The molecule has 1 unspecified atom stereocenters. The van der Waals surface area contributed by atoms with Crippen LogP contribution in [0.3, 0.4) is 0 Å². The summed E-state index contributed by atoms with van der Waals surface area (Å²) in [7, 11) is 0.305. The van der Waals surface area contributed by atoms with E-state index in [4.69, 9.17) is 0 Å². The third-order valence-electron chi connectivity index (χ3n) is 6.89. The molecule has 0 bridgehead atoms. The summed E-state index contributed by atoms with van der Waals surface area (Å²) in [5.41, 5.74) is 2.35. The second-order valence-electron chi connectivity index (χ2n) is 10.3. The Hall–Kier alpha value is -0.100. The quantitative estimate of drug-likeness (QED) is 0.122. The fourth-order valence-electron chi connectivity index (χ4n) is 4.50. The zero-order valence-electron chi connectivity index (χ0n) is 24.9. The third kappa shape index (κ3) is 28.3. The summed E-state index contributed by atoms with van der Waals surface area (Å²) in [6, 6.07) is 10.3. The van der Waals surface area contributed by atoms with Crippen molar-refractivity contribution in [1.82, 2.24) is 6.15 Å². The number of hydrogen-bond donors (Lipinski definition) is 1. The van der Waals surface area contributed by atoms with Crippen molar-refractivity contribution in [3.8, 4) is 0 Å². The molecule has 1 nitrogen and oxygen atoms in total. The van der Waals surface area contributed by atoms with Crippen molar-refractivity contribution in [3.05, 3.63) is 35.9 Å². The summed E-state index contributed by atoms with van der Waals surface area (Å²) >= 11 is 0. The molecule has 0 aliphatic rings. The first-order valence-corrected chi connectivity index (χ1v) is 16.7. The molecule has 3 heteroatoms. The maximum atomic E-state index is 2.60. The number of aryl methyl sites for hydroxylation is 1. The van der Waals surface area contributed by atoms with E-state index in [2.05, 4.69) is 46.8 Å². The molecule has 0 saturated heterocycles. The molecule has 0 amide bonds. The average Bonchev–Trinajstić information content (AvgIpc) is 2.82. The van der Waals surface area contributed by atoms with E-state index in [0.717, 1.165) is 5.66 Å². The molecular formula is C32H65ClNP. The van der Waals surface area contributed by atoms with Gasteiger partial charge in [-0.3, -0.25) is 0 Å². The Labute approximate surface area is 230 Å². The van der Waals surface area contributed by atoms with E-state index in [0.29, 0.717) is 7.92 Å². The van der Waals surface area contributed by atoms with Gasteiger partial charge in [-0.25, -0.2) is 0 Å². The van der Waals surface area contributed by atoms with Crippen LogP contribution in [0.15, 0.2) is 30.3 Å². The first-order chi connectivity index (χ1) is 16.2. The Morgan fingerprint density at radius 2 is 0.943 bits per heavy atom. The zero-order chi connectivity index (χ0) is 24.4. The topological polar surface area (TPSA) is 36.5 Å². The van der Waals surface area contributed by atoms with Gasteiger partial charge in [0, 0.05) is 0 Å². The highest BCUT2D eigenvalue weighted by Crippen LogP contribution is 2.45. The Kier molecular flexibility index (Phi) is 36.0. The van der Waals surface area contributed by atoms with Crippen LogP contribution in [0.5, 0.6) is 0 Å². The molecule has 1 atom stereocenters. The van der Waals surface area contributed by atoms with E-state index in [9.17, 15) is 0 Å². The van der Waals surface area contributed by atoms with Gasteiger partial charge in [-0.2, -0.15) is 0 Å². The summed E-state index contributed by atoms with van der Waals surface area (Å²) in [6.07, 6.45) is 29.5. The van der Waals surface area contributed by atoms with Gasteiger partial charge in [0.05, 0.1) is 0 Å². The molecule has 0 spiro atoms. The van der Waals surface area contributed by atoms with E-state index >= 15 is 0 Å². The maximum Gasteiger partial charge on any atom is -0.0238 e. The van der Waals surface area contributed by atoms with Gasteiger partial charge < -0.3 is 18.6 Å². The highest BCUT2D eigenvalue weighted by molar-refractivity contribution is 7.58. The number of quaternary nitrogens is 1. The molecule has 4 N–H and O–H groups in total. The van der Waals surface area contributed by atoms with Crippen LogP contribution >= 0.6 is 7.92 Å². The zero-order valence-corrected chi connectivity index (χ0v) is 26.6. The van der Waals surface area contributed by atoms with Gasteiger partial charge in [-0.1, -0.05) is 160 Å². The molecule has 0 fully saturated rings. The summed E-state index contributed by atoms with van der Waals surface area (Å²) in [6.45, 7) is 11.6. The van der Waals surface area contributed by atoms with E-state index in [1.807, 2.05) is 18.2 Å².